The Hall–Kier alpha value is -4.20. The summed E-state index contributed by atoms with van der Waals surface area (Å²) in [5.41, 5.74) is 3.01. The van der Waals surface area contributed by atoms with Crippen molar-refractivity contribution in [2.45, 2.75) is 32.4 Å². The number of methoxy groups -OCH3 is 3. The summed E-state index contributed by atoms with van der Waals surface area (Å²) in [7, 11) is 4.53. The molecule has 0 aliphatic carbocycles. The van der Waals surface area contributed by atoms with Crippen molar-refractivity contribution in [3.05, 3.63) is 82.9 Å². The first kappa shape index (κ1) is 26.9. The van der Waals surface area contributed by atoms with Gasteiger partial charge in [-0.1, -0.05) is 0 Å². The molecule has 4 rings (SSSR count). The highest BCUT2D eigenvalue weighted by molar-refractivity contribution is 5.95. The molecule has 0 spiro atoms. The number of ether oxygens (including phenoxy) is 5. The number of hydrogen-bond acceptors (Lipinski definition) is 7. The molecule has 3 aromatic carbocycles. The van der Waals surface area contributed by atoms with Gasteiger partial charge >= 0.3 is 5.97 Å². The lowest BCUT2D eigenvalue weighted by molar-refractivity contribution is 0.0582. The Morgan fingerprint density at radius 1 is 0.868 bits per heavy atom. The zero-order valence-electron chi connectivity index (χ0n) is 22.4. The van der Waals surface area contributed by atoms with E-state index < -0.39 is 5.97 Å². The van der Waals surface area contributed by atoms with E-state index in [4.69, 9.17) is 23.7 Å². The molecule has 1 aliphatic rings. The van der Waals surface area contributed by atoms with Gasteiger partial charge in [0, 0.05) is 12.1 Å². The Morgan fingerprint density at radius 2 is 1.47 bits per heavy atom. The first-order chi connectivity index (χ1) is 18.3. The average molecular weight is 520 g/mol. The van der Waals surface area contributed by atoms with Crippen molar-refractivity contribution in [3.8, 4) is 23.0 Å². The van der Waals surface area contributed by atoms with E-state index in [9.17, 15) is 9.59 Å². The van der Waals surface area contributed by atoms with Gasteiger partial charge in [0.05, 0.1) is 39.0 Å². The number of rotatable bonds is 9. The van der Waals surface area contributed by atoms with Crippen molar-refractivity contribution in [1.82, 2.24) is 4.90 Å². The Balaban J connectivity index is 1.63. The number of carbonyl (C=O) groups excluding carboxylic acids is 2. The van der Waals surface area contributed by atoms with Crippen LogP contribution in [-0.4, -0.2) is 57.4 Å². The maximum Gasteiger partial charge on any atom is 0.337 e. The molecule has 0 radical (unpaired) electrons. The minimum absolute atomic E-state index is 0.0466. The van der Waals surface area contributed by atoms with E-state index in [1.54, 1.807) is 50.6 Å². The van der Waals surface area contributed by atoms with Crippen molar-refractivity contribution >= 4 is 11.9 Å². The normalized spacial score (nSPS) is 14.5. The summed E-state index contributed by atoms with van der Waals surface area (Å²) in [6, 6.07) is 17.4. The molecule has 200 valence electrons. The fourth-order valence-corrected chi connectivity index (χ4v) is 4.55. The zero-order chi connectivity index (χ0) is 27.2. The molecule has 0 unspecified atom stereocenters. The van der Waals surface area contributed by atoms with Gasteiger partial charge in [-0.3, -0.25) is 4.79 Å². The SMILES string of the molecule is COC(=O)c1ccc(OC[C@@H]2c3cc(OC)c(OC)cc3CCN2C(=O)c2ccc(OC(C)C)cc2)cc1. The van der Waals surface area contributed by atoms with Crippen LogP contribution < -0.4 is 18.9 Å². The number of amides is 1. The number of benzene rings is 3. The van der Waals surface area contributed by atoms with Crippen molar-refractivity contribution in [1.29, 1.82) is 0 Å². The van der Waals surface area contributed by atoms with E-state index in [1.807, 2.05) is 43.0 Å². The summed E-state index contributed by atoms with van der Waals surface area (Å²) in [6.45, 7) is 4.64. The van der Waals surface area contributed by atoms with Crippen LogP contribution in [0.25, 0.3) is 0 Å². The molecule has 38 heavy (non-hydrogen) atoms. The van der Waals surface area contributed by atoms with Gasteiger partial charge in [-0.15, -0.1) is 0 Å². The van der Waals surface area contributed by atoms with Crippen LogP contribution in [-0.2, 0) is 11.2 Å². The molecule has 0 N–H and O–H groups in total. The maximum atomic E-state index is 13.7. The molecular weight excluding hydrogens is 486 g/mol. The van der Waals surface area contributed by atoms with Crippen LogP contribution in [0.2, 0.25) is 0 Å². The quantitative estimate of drug-likeness (QED) is 0.364. The molecule has 0 saturated carbocycles. The fourth-order valence-electron chi connectivity index (χ4n) is 4.55. The molecule has 1 heterocycles. The average Bonchev–Trinajstić information content (AvgIpc) is 2.94. The third kappa shape index (κ3) is 5.85. The second-order valence-electron chi connectivity index (χ2n) is 9.19. The summed E-state index contributed by atoms with van der Waals surface area (Å²) in [5.74, 6) is 2.00. The van der Waals surface area contributed by atoms with Crippen molar-refractivity contribution in [3.63, 3.8) is 0 Å². The highest BCUT2D eigenvalue weighted by Gasteiger charge is 2.33. The molecule has 1 atom stereocenters. The number of esters is 1. The molecule has 1 aliphatic heterocycles. The Morgan fingerprint density at radius 3 is 2.08 bits per heavy atom. The summed E-state index contributed by atoms with van der Waals surface area (Å²) in [4.78, 5) is 27.3. The molecule has 0 aromatic heterocycles. The highest BCUT2D eigenvalue weighted by Crippen LogP contribution is 2.39. The number of hydrogen-bond donors (Lipinski definition) is 0. The van der Waals surface area contributed by atoms with Gasteiger partial charge in [-0.05, 0) is 92.1 Å². The number of nitrogens with zero attached hydrogens (tertiary/aromatic N) is 1. The van der Waals surface area contributed by atoms with Crippen LogP contribution in [0.3, 0.4) is 0 Å². The van der Waals surface area contributed by atoms with Crippen molar-refractivity contribution in [2.24, 2.45) is 0 Å². The van der Waals surface area contributed by atoms with Gasteiger partial charge in [-0.25, -0.2) is 4.79 Å². The third-order valence-electron chi connectivity index (χ3n) is 6.42. The second-order valence-corrected chi connectivity index (χ2v) is 9.19. The highest BCUT2D eigenvalue weighted by atomic mass is 16.5. The lowest BCUT2D eigenvalue weighted by Gasteiger charge is -2.37. The van der Waals surface area contributed by atoms with E-state index in [0.29, 0.717) is 47.1 Å². The lowest BCUT2D eigenvalue weighted by Crippen LogP contribution is -2.42. The Bertz CT molecular complexity index is 1270. The topological polar surface area (TPSA) is 83.5 Å². The minimum Gasteiger partial charge on any atom is -0.493 e. The number of carbonyl (C=O) groups is 2. The van der Waals surface area contributed by atoms with Gasteiger partial charge in [-0.2, -0.15) is 0 Å². The Labute approximate surface area is 223 Å². The molecule has 3 aromatic rings. The number of fused-ring (bicyclic) bond motifs is 1. The molecule has 8 heteroatoms. The largest absolute Gasteiger partial charge is 0.493 e. The van der Waals surface area contributed by atoms with Crippen LogP contribution in [0, 0.1) is 0 Å². The smallest absolute Gasteiger partial charge is 0.337 e. The van der Waals surface area contributed by atoms with E-state index in [0.717, 1.165) is 11.1 Å². The summed E-state index contributed by atoms with van der Waals surface area (Å²) >= 11 is 0. The van der Waals surface area contributed by atoms with Gasteiger partial charge in [0.15, 0.2) is 11.5 Å². The van der Waals surface area contributed by atoms with Crippen molar-refractivity contribution < 1.29 is 33.3 Å². The maximum absolute atomic E-state index is 13.7. The lowest BCUT2D eigenvalue weighted by atomic mass is 9.91. The monoisotopic (exact) mass is 519 g/mol. The third-order valence-corrected chi connectivity index (χ3v) is 6.42. The van der Waals surface area contributed by atoms with Crippen LogP contribution in [0.5, 0.6) is 23.0 Å². The van der Waals surface area contributed by atoms with Gasteiger partial charge in [0.2, 0.25) is 0 Å². The van der Waals surface area contributed by atoms with E-state index in [2.05, 4.69) is 0 Å². The molecule has 0 fully saturated rings. The fraction of sp³-hybridized carbons (Fsp3) is 0.333. The summed E-state index contributed by atoms with van der Waals surface area (Å²) in [5, 5.41) is 0. The van der Waals surface area contributed by atoms with Crippen LogP contribution >= 0.6 is 0 Å². The van der Waals surface area contributed by atoms with Crippen LogP contribution in [0.1, 0.15) is 51.7 Å². The van der Waals surface area contributed by atoms with Crippen LogP contribution in [0.4, 0.5) is 0 Å². The van der Waals surface area contributed by atoms with Gasteiger partial charge in [0.1, 0.15) is 18.1 Å². The predicted octanol–water partition coefficient (Wildman–Crippen LogP) is 5.10. The van der Waals surface area contributed by atoms with E-state index >= 15 is 0 Å². The zero-order valence-corrected chi connectivity index (χ0v) is 22.4. The molecule has 1 amide bonds. The summed E-state index contributed by atoms with van der Waals surface area (Å²) < 4.78 is 27.7. The molecular formula is C30H33NO7. The van der Waals surface area contributed by atoms with Crippen LogP contribution in [0.15, 0.2) is 60.7 Å². The van der Waals surface area contributed by atoms with E-state index in [-0.39, 0.29) is 24.7 Å². The minimum atomic E-state index is -0.416. The standard InChI is InChI=1S/C30H33NO7/c1-19(2)38-24-12-6-20(7-13-24)29(32)31-15-14-22-16-27(34-3)28(35-4)17-25(22)26(31)18-37-23-10-8-21(9-11-23)30(33)36-5/h6-13,16-17,19,26H,14-15,18H2,1-5H3/t26-/m1/s1. The summed E-state index contributed by atoms with van der Waals surface area (Å²) in [6.07, 6.45) is 0.714. The Kier molecular flexibility index (Phi) is 8.41. The molecule has 8 nitrogen and oxygen atoms in total. The van der Waals surface area contributed by atoms with Crippen molar-refractivity contribution in [2.75, 3.05) is 34.5 Å². The molecule has 0 bridgehead atoms. The second kappa shape index (κ2) is 11.9. The molecule has 0 saturated heterocycles. The van der Waals surface area contributed by atoms with E-state index in [1.165, 1.54) is 7.11 Å². The predicted molar refractivity (Wildman–Crippen MR) is 143 cm³/mol. The van der Waals surface area contributed by atoms with Gasteiger partial charge < -0.3 is 28.6 Å². The first-order valence-corrected chi connectivity index (χ1v) is 12.5. The van der Waals surface area contributed by atoms with Gasteiger partial charge in [0.25, 0.3) is 5.91 Å². The first-order valence-electron chi connectivity index (χ1n) is 12.5.